The zero-order valence-corrected chi connectivity index (χ0v) is 18.2. The van der Waals surface area contributed by atoms with Crippen LogP contribution in [0.4, 0.5) is 5.82 Å². The number of ether oxygens (including phenoxy) is 2. The van der Waals surface area contributed by atoms with E-state index in [9.17, 15) is 0 Å². The van der Waals surface area contributed by atoms with Crippen molar-refractivity contribution in [1.29, 1.82) is 0 Å². The number of pyridine rings is 1. The Balaban J connectivity index is 0.00000243. The SMILES string of the molecule is CN=C(NCc1cccnc1N(C)C)N1CCOC(C2CCCO2)C1.I. The minimum Gasteiger partial charge on any atom is -0.375 e. The molecule has 8 heteroatoms. The molecule has 26 heavy (non-hydrogen) atoms. The number of aromatic nitrogens is 1. The van der Waals surface area contributed by atoms with Gasteiger partial charge in [-0.15, -0.1) is 24.0 Å². The van der Waals surface area contributed by atoms with Crippen LogP contribution in [0.5, 0.6) is 0 Å². The highest BCUT2D eigenvalue weighted by Crippen LogP contribution is 2.21. The van der Waals surface area contributed by atoms with E-state index in [2.05, 4.69) is 26.3 Å². The molecule has 2 saturated heterocycles. The topological polar surface area (TPSA) is 62.2 Å². The fourth-order valence-electron chi connectivity index (χ4n) is 3.47. The summed E-state index contributed by atoms with van der Waals surface area (Å²) < 4.78 is 11.7. The molecule has 1 aromatic rings. The van der Waals surface area contributed by atoms with Crippen LogP contribution in [0.15, 0.2) is 23.3 Å². The van der Waals surface area contributed by atoms with Crippen molar-refractivity contribution < 1.29 is 9.47 Å². The first-order valence-corrected chi connectivity index (χ1v) is 8.99. The van der Waals surface area contributed by atoms with Gasteiger partial charge >= 0.3 is 0 Å². The molecular weight excluding hydrogens is 445 g/mol. The molecule has 146 valence electrons. The van der Waals surface area contributed by atoms with Gasteiger partial charge in [0.1, 0.15) is 11.9 Å². The largest absolute Gasteiger partial charge is 0.375 e. The minimum absolute atomic E-state index is 0. The molecule has 0 radical (unpaired) electrons. The number of nitrogens with one attached hydrogen (secondary N) is 1. The summed E-state index contributed by atoms with van der Waals surface area (Å²) in [6, 6.07) is 4.06. The van der Waals surface area contributed by atoms with Gasteiger partial charge < -0.3 is 24.6 Å². The third kappa shape index (κ3) is 5.20. The lowest BCUT2D eigenvalue weighted by atomic mass is 10.1. The minimum atomic E-state index is 0. The molecule has 0 aromatic carbocycles. The van der Waals surface area contributed by atoms with E-state index in [1.807, 2.05) is 38.3 Å². The number of nitrogens with zero attached hydrogens (tertiary/aromatic N) is 4. The van der Waals surface area contributed by atoms with Crippen molar-refractivity contribution in [3.8, 4) is 0 Å². The van der Waals surface area contributed by atoms with E-state index < -0.39 is 0 Å². The van der Waals surface area contributed by atoms with Crippen LogP contribution in [0.25, 0.3) is 0 Å². The molecule has 7 nitrogen and oxygen atoms in total. The first-order chi connectivity index (χ1) is 12.2. The highest BCUT2D eigenvalue weighted by atomic mass is 127. The van der Waals surface area contributed by atoms with E-state index in [0.29, 0.717) is 13.2 Å². The zero-order chi connectivity index (χ0) is 17.6. The van der Waals surface area contributed by atoms with E-state index in [0.717, 1.165) is 49.9 Å². The van der Waals surface area contributed by atoms with Crippen molar-refractivity contribution in [2.45, 2.75) is 31.6 Å². The number of morpholine rings is 1. The molecule has 2 aliphatic rings. The van der Waals surface area contributed by atoms with Gasteiger partial charge in [0, 0.05) is 59.1 Å². The summed E-state index contributed by atoms with van der Waals surface area (Å²) in [4.78, 5) is 13.2. The Labute approximate surface area is 173 Å². The second kappa shape index (κ2) is 10.3. The van der Waals surface area contributed by atoms with Crippen LogP contribution in [0, 0.1) is 0 Å². The van der Waals surface area contributed by atoms with Crippen molar-refractivity contribution in [2.24, 2.45) is 4.99 Å². The molecule has 0 amide bonds. The van der Waals surface area contributed by atoms with E-state index in [1.54, 1.807) is 0 Å². The molecule has 2 aliphatic heterocycles. The Morgan fingerprint density at radius 2 is 2.15 bits per heavy atom. The first-order valence-electron chi connectivity index (χ1n) is 8.99. The Hall–Kier alpha value is -1.13. The van der Waals surface area contributed by atoms with Crippen molar-refractivity contribution in [3.63, 3.8) is 0 Å². The van der Waals surface area contributed by atoms with E-state index in [-0.39, 0.29) is 36.2 Å². The normalized spacial score (nSPS) is 23.5. The van der Waals surface area contributed by atoms with Gasteiger partial charge in [-0.1, -0.05) is 6.07 Å². The predicted molar refractivity (Wildman–Crippen MR) is 114 cm³/mol. The molecule has 2 fully saturated rings. The predicted octanol–water partition coefficient (Wildman–Crippen LogP) is 1.72. The Morgan fingerprint density at radius 1 is 1.35 bits per heavy atom. The van der Waals surface area contributed by atoms with Gasteiger partial charge in [-0.05, 0) is 18.9 Å². The molecule has 0 spiro atoms. The van der Waals surface area contributed by atoms with E-state index in [1.165, 1.54) is 0 Å². The van der Waals surface area contributed by atoms with Crippen LogP contribution in [0.3, 0.4) is 0 Å². The van der Waals surface area contributed by atoms with Crippen LogP contribution in [0.2, 0.25) is 0 Å². The molecule has 3 rings (SSSR count). The quantitative estimate of drug-likeness (QED) is 0.407. The van der Waals surface area contributed by atoms with Gasteiger partial charge in [-0.2, -0.15) is 0 Å². The molecule has 0 saturated carbocycles. The van der Waals surface area contributed by atoms with Gasteiger partial charge in [-0.3, -0.25) is 4.99 Å². The third-order valence-corrected chi connectivity index (χ3v) is 4.71. The number of anilines is 1. The summed E-state index contributed by atoms with van der Waals surface area (Å²) in [5.41, 5.74) is 1.15. The number of hydrogen-bond acceptors (Lipinski definition) is 5. The summed E-state index contributed by atoms with van der Waals surface area (Å²) in [5.74, 6) is 1.88. The monoisotopic (exact) mass is 475 g/mol. The lowest BCUT2D eigenvalue weighted by Crippen LogP contribution is -2.53. The molecule has 0 aliphatic carbocycles. The molecule has 3 heterocycles. The first kappa shape index (κ1) is 21.2. The maximum Gasteiger partial charge on any atom is 0.194 e. The Bertz CT molecular complexity index is 593. The molecule has 2 unspecified atom stereocenters. The fourth-order valence-corrected chi connectivity index (χ4v) is 3.47. The van der Waals surface area contributed by atoms with Crippen LogP contribution < -0.4 is 10.2 Å². The summed E-state index contributed by atoms with van der Waals surface area (Å²) >= 11 is 0. The maximum atomic E-state index is 5.93. The average Bonchev–Trinajstić information content (AvgIpc) is 3.17. The summed E-state index contributed by atoms with van der Waals surface area (Å²) in [6.07, 6.45) is 4.39. The van der Waals surface area contributed by atoms with Crippen molar-refractivity contribution in [1.82, 2.24) is 15.2 Å². The van der Waals surface area contributed by atoms with Gasteiger partial charge in [0.2, 0.25) is 0 Å². The number of rotatable bonds is 4. The standard InChI is InChI=1S/C18H29N5O2.HI/c1-19-18(21-12-14-6-4-8-20-17(14)22(2)3)23-9-11-25-16(13-23)15-7-5-10-24-15;/h4,6,8,15-16H,5,7,9-13H2,1-3H3,(H,19,21);1H. The smallest absolute Gasteiger partial charge is 0.194 e. The summed E-state index contributed by atoms with van der Waals surface area (Å²) in [7, 11) is 5.85. The molecule has 1 N–H and O–H groups in total. The van der Waals surface area contributed by atoms with Gasteiger partial charge in [0.05, 0.1) is 12.7 Å². The van der Waals surface area contributed by atoms with Gasteiger partial charge in [-0.25, -0.2) is 4.98 Å². The van der Waals surface area contributed by atoms with E-state index >= 15 is 0 Å². The number of halogens is 1. The van der Waals surface area contributed by atoms with Gasteiger partial charge in [0.25, 0.3) is 0 Å². The third-order valence-electron chi connectivity index (χ3n) is 4.71. The summed E-state index contributed by atoms with van der Waals surface area (Å²) in [6.45, 7) is 3.91. The fraction of sp³-hybridized carbons (Fsp3) is 0.667. The second-order valence-electron chi connectivity index (χ2n) is 6.69. The van der Waals surface area contributed by atoms with Gasteiger partial charge in [0.15, 0.2) is 5.96 Å². The molecular formula is C18H30IN5O2. The Morgan fingerprint density at radius 3 is 2.85 bits per heavy atom. The lowest BCUT2D eigenvalue weighted by Gasteiger charge is -2.37. The van der Waals surface area contributed by atoms with Crippen LogP contribution in [0.1, 0.15) is 18.4 Å². The summed E-state index contributed by atoms with van der Waals surface area (Å²) in [5, 5.41) is 3.47. The number of aliphatic imine (C=N–C) groups is 1. The molecule has 1 aromatic heterocycles. The molecule has 2 atom stereocenters. The highest BCUT2D eigenvalue weighted by molar-refractivity contribution is 14.0. The van der Waals surface area contributed by atoms with Crippen molar-refractivity contribution >= 4 is 35.8 Å². The van der Waals surface area contributed by atoms with Crippen molar-refractivity contribution in [3.05, 3.63) is 23.9 Å². The van der Waals surface area contributed by atoms with Crippen LogP contribution in [-0.4, -0.2) is 75.5 Å². The van der Waals surface area contributed by atoms with Crippen LogP contribution >= 0.6 is 24.0 Å². The second-order valence-corrected chi connectivity index (χ2v) is 6.69. The zero-order valence-electron chi connectivity index (χ0n) is 15.9. The lowest BCUT2D eigenvalue weighted by molar-refractivity contribution is -0.0817. The van der Waals surface area contributed by atoms with E-state index in [4.69, 9.17) is 9.47 Å². The number of hydrogen-bond donors (Lipinski definition) is 1. The highest BCUT2D eigenvalue weighted by Gasteiger charge is 2.32. The maximum absolute atomic E-state index is 5.93. The molecule has 0 bridgehead atoms. The average molecular weight is 475 g/mol. The Kier molecular flexibility index (Phi) is 8.36. The number of guanidine groups is 1. The van der Waals surface area contributed by atoms with Crippen molar-refractivity contribution in [2.75, 3.05) is 52.3 Å². The van der Waals surface area contributed by atoms with Crippen LogP contribution in [-0.2, 0) is 16.0 Å².